The van der Waals surface area contributed by atoms with Gasteiger partial charge in [0.2, 0.25) is 23.6 Å². The first-order valence-corrected chi connectivity index (χ1v) is 37.8. The number of likely N-dealkylation sites (tertiary alicyclic amines) is 4. The summed E-state index contributed by atoms with van der Waals surface area (Å²) in [6.45, 7) is 37.0. The number of halogens is 6. The monoisotopic (exact) mass is 1510 g/mol. The molecule has 30 heteroatoms. The molecule has 8 aliphatic rings. The molecule has 0 radical (unpaired) electrons. The van der Waals surface area contributed by atoms with Crippen LogP contribution in [0, 0.1) is 17.3 Å². The fraction of sp³-hybridized carbons (Fsp3) is 0.544. The van der Waals surface area contributed by atoms with Crippen molar-refractivity contribution in [3.05, 3.63) is 123 Å². The summed E-state index contributed by atoms with van der Waals surface area (Å²) in [6.07, 6.45) is 25.8. The lowest BCUT2D eigenvalue weighted by molar-refractivity contribution is -0.130. The first-order chi connectivity index (χ1) is 51.6. The minimum Gasteiger partial charge on any atom is -0.365 e. The van der Waals surface area contributed by atoms with Crippen molar-refractivity contribution < 1.29 is 45.5 Å². The second-order valence-electron chi connectivity index (χ2n) is 32.4. The lowest BCUT2D eigenvalue weighted by atomic mass is 9.94. The molecule has 4 saturated heterocycles. The van der Waals surface area contributed by atoms with Gasteiger partial charge < -0.3 is 60.8 Å². The van der Waals surface area contributed by atoms with Crippen LogP contribution in [0.4, 0.5) is 49.6 Å². The molecule has 4 aliphatic carbocycles. The summed E-state index contributed by atoms with van der Waals surface area (Å²) in [5.74, 6) is -6.45. The minimum absolute atomic E-state index is 0.0110. The lowest BCUT2D eigenvalue weighted by Gasteiger charge is -2.38. The van der Waals surface area contributed by atoms with Crippen molar-refractivity contribution >= 4 is 91.0 Å². The zero-order chi connectivity index (χ0) is 78.4. The van der Waals surface area contributed by atoms with Gasteiger partial charge in [0.1, 0.15) is 82.5 Å². The number of hydrogen-bond donors (Lipinski definition) is 8. The second-order valence-corrected chi connectivity index (χ2v) is 32.4. The maximum absolute atomic E-state index is 15.0. The average Bonchev–Trinajstić information content (AvgIpc) is 1.52. The van der Waals surface area contributed by atoms with E-state index in [-0.39, 0.29) is 77.9 Å². The van der Waals surface area contributed by atoms with E-state index in [9.17, 15) is 41.1 Å². The van der Waals surface area contributed by atoms with E-state index in [1.807, 2.05) is 56.8 Å². The van der Waals surface area contributed by atoms with Gasteiger partial charge in [-0.05, 0) is 146 Å². The van der Waals surface area contributed by atoms with Crippen LogP contribution < -0.4 is 21.3 Å². The van der Waals surface area contributed by atoms with Crippen LogP contribution in [-0.4, -0.2) is 201 Å². The Morgan fingerprint density at radius 2 is 0.679 bits per heavy atom. The molecule has 4 aliphatic heterocycles. The maximum atomic E-state index is 15.0. The zero-order valence-corrected chi connectivity index (χ0v) is 63.7. The first kappa shape index (κ1) is 77.3. The van der Waals surface area contributed by atoms with E-state index in [2.05, 4.69) is 121 Å². The minimum atomic E-state index is -2.70. The molecule has 16 atom stereocenters. The number of anilines is 4. The van der Waals surface area contributed by atoms with Gasteiger partial charge in [-0.1, -0.05) is 60.9 Å². The topological polar surface area (TPSA) is 296 Å². The van der Waals surface area contributed by atoms with Crippen LogP contribution in [0.5, 0.6) is 0 Å². The van der Waals surface area contributed by atoms with Crippen LogP contribution in [0.3, 0.4) is 0 Å². The van der Waals surface area contributed by atoms with Crippen molar-refractivity contribution in [1.82, 2.24) is 79.4 Å². The normalized spacial score (nSPS) is 31.0. The number of carbonyl (C=O) groups is 4. The molecule has 8 aromatic heterocycles. The Labute approximate surface area is 629 Å². The van der Waals surface area contributed by atoms with E-state index in [1.165, 1.54) is 49.6 Å². The van der Waals surface area contributed by atoms with E-state index in [1.54, 1.807) is 49.9 Å². The van der Waals surface area contributed by atoms with E-state index in [0.717, 1.165) is 73.3 Å². The fourth-order valence-electron chi connectivity index (χ4n) is 17.4. The van der Waals surface area contributed by atoms with E-state index in [0.29, 0.717) is 100 Å². The van der Waals surface area contributed by atoms with Gasteiger partial charge >= 0.3 is 0 Å². The third kappa shape index (κ3) is 14.3. The molecule has 8 N–H and O–H groups in total. The molecular formula is C79H100F6N20O4. The maximum Gasteiger partial charge on any atom is 0.258 e. The molecule has 12 heterocycles. The number of piperidine rings is 4. The predicted octanol–water partition coefficient (Wildman–Crippen LogP) is 13.7. The largest absolute Gasteiger partial charge is 0.365 e. The van der Waals surface area contributed by atoms with Gasteiger partial charge in [0.05, 0.1) is 33.4 Å². The molecule has 4 amide bonds. The zero-order valence-electron chi connectivity index (χ0n) is 63.7. The number of alkyl halides is 6. The highest BCUT2D eigenvalue weighted by molar-refractivity contribution is 5.96. The number of nitrogens with zero attached hydrogens (tertiary/aromatic N) is 12. The van der Waals surface area contributed by atoms with Crippen molar-refractivity contribution in [2.45, 2.75) is 229 Å². The number of rotatable bonds is 16. The van der Waals surface area contributed by atoms with Gasteiger partial charge in [0, 0.05) is 128 Å². The Balaban J connectivity index is 0.000000128. The first-order valence-electron chi connectivity index (χ1n) is 37.8. The number of nitrogens with one attached hydrogen (secondary N) is 8. The van der Waals surface area contributed by atoms with Crippen molar-refractivity contribution in [2.75, 3.05) is 47.4 Å². The van der Waals surface area contributed by atoms with Gasteiger partial charge in [-0.3, -0.25) is 19.2 Å². The molecular weight excluding hydrogens is 1410 g/mol. The van der Waals surface area contributed by atoms with Gasteiger partial charge in [0.25, 0.3) is 11.8 Å². The Bertz CT molecular complexity index is 4650. The third-order valence-corrected chi connectivity index (χ3v) is 25.2. The van der Waals surface area contributed by atoms with Gasteiger partial charge in [-0.15, -0.1) is 0 Å². The molecule has 16 rings (SSSR count). The van der Waals surface area contributed by atoms with Gasteiger partial charge in [0.15, 0.2) is 0 Å². The molecule has 24 nitrogen and oxygen atoms in total. The summed E-state index contributed by atoms with van der Waals surface area (Å²) in [7, 11) is 0. The molecule has 0 aromatic carbocycles. The number of carbonyl (C=O) groups excluding carboxylic acids is 4. The summed E-state index contributed by atoms with van der Waals surface area (Å²) in [5, 5.41) is 16.6. The predicted molar refractivity (Wildman–Crippen MR) is 409 cm³/mol. The van der Waals surface area contributed by atoms with Gasteiger partial charge in [-0.2, -0.15) is 0 Å². The molecule has 4 saturated carbocycles. The van der Waals surface area contributed by atoms with E-state index in [4.69, 9.17) is 0 Å². The third-order valence-electron chi connectivity index (χ3n) is 25.2. The molecule has 0 bridgehead atoms. The SMILES string of the molecule is C=CC(=O)N1C[C@H](Nc2ncnc3[nH]cc(C4(C)CC4(C)F)c23)CC[C@@H]1C.C=CC(=O)N1C[C@H](Nc2ncnc3[nH]cc([C@@H]4[C@@H](C)C4(F)F)c23)CC[C@@H]1C.C=CC(=O)N1C[C@H](Nc2ncnc3[nH]cc([C@H]4C(C)(C)C4(C)F)c23)CC[C@@H]1C.C=CC(=O)N1C[C@H](Nc2ncnc3[nH]cc([C@H]4[C@H](C)C4(F)F)c23)CC[C@@H]1C. The number of amides is 4. The van der Waals surface area contributed by atoms with Crippen molar-refractivity contribution in [3.63, 3.8) is 0 Å². The number of aromatic nitrogens is 12. The quantitative estimate of drug-likeness (QED) is 0.0329. The highest BCUT2D eigenvalue weighted by Crippen LogP contribution is 2.71. The Hall–Kier alpha value is -9.90. The molecule has 8 aromatic rings. The highest BCUT2D eigenvalue weighted by Gasteiger charge is 2.71. The smallest absolute Gasteiger partial charge is 0.258 e. The van der Waals surface area contributed by atoms with Crippen LogP contribution in [0.1, 0.15) is 174 Å². The Morgan fingerprint density at radius 1 is 0.422 bits per heavy atom. The Kier molecular flexibility index (Phi) is 20.7. The lowest BCUT2D eigenvalue weighted by Crippen LogP contribution is -2.49. The van der Waals surface area contributed by atoms with Crippen molar-refractivity contribution in [2.24, 2.45) is 17.3 Å². The molecule has 8 fully saturated rings. The second kappa shape index (κ2) is 29.2. The van der Waals surface area contributed by atoms with Crippen LogP contribution in [0.25, 0.3) is 44.1 Å². The van der Waals surface area contributed by atoms with Crippen LogP contribution in [0.2, 0.25) is 0 Å². The summed E-state index contributed by atoms with van der Waals surface area (Å²) in [4.78, 5) is 102. The van der Waals surface area contributed by atoms with E-state index >= 15 is 4.39 Å². The molecule has 3 unspecified atom stereocenters. The van der Waals surface area contributed by atoms with Gasteiger partial charge in [-0.25, -0.2) is 66.2 Å². The summed E-state index contributed by atoms with van der Waals surface area (Å²) < 4.78 is 85.5. The standard InChI is InChI=1S/C21H28FN5O.C20H26FN5O.2C19H23F2N5O/c1-6-15(28)27-10-13(8-7-12(27)2)26-19-16-14(9-23-18(16)24-11-25-19)17-20(3,4)21(17,5)22;1-5-15(27)26-9-13(7-6-12(26)2)25-18-16-14(19(3)10-20(19,4)21)8-22-17(16)23-11-24-18;2*1-4-14(27)26-8-12(6-5-10(26)2)25-18-15-13(16-11(3)19(16,20)21)7-22-17(15)23-9-24-18/h6,9,11-13,17H,1,7-8,10H2,2-5H3,(H2,23,24,25,26);5,8,11-13H,1,6-7,9-10H2,2-4H3,(H2,22,23,24,25);2*4,7,9-12,16H,1,5-6,8H2,2-3H3,(H2,22,23,24,25)/t12-,13+,17-,21?;12-,13+,19?,20?;10-,11+,12+,16-;10-,11-,12+,16+/m0000/s1. The number of H-pyrrole nitrogens is 4. The Morgan fingerprint density at radius 3 is 0.945 bits per heavy atom. The summed E-state index contributed by atoms with van der Waals surface area (Å²) in [5.41, 5.74) is 1.98. The fourth-order valence-corrected chi connectivity index (χ4v) is 17.4. The number of aromatic amines is 4. The number of fused-ring (bicyclic) bond motifs is 4. The van der Waals surface area contributed by atoms with Crippen LogP contribution in [-0.2, 0) is 24.6 Å². The van der Waals surface area contributed by atoms with Crippen molar-refractivity contribution in [3.8, 4) is 0 Å². The van der Waals surface area contributed by atoms with Crippen LogP contribution in [0.15, 0.2) is 101 Å². The molecule has 582 valence electrons. The summed E-state index contributed by atoms with van der Waals surface area (Å²) in [6, 6.07) is 0.808. The average molecular weight is 1510 g/mol. The van der Waals surface area contributed by atoms with Crippen LogP contribution >= 0.6 is 0 Å². The molecule has 0 spiro atoms. The summed E-state index contributed by atoms with van der Waals surface area (Å²) >= 11 is 0. The molecule has 109 heavy (non-hydrogen) atoms. The van der Waals surface area contributed by atoms with E-state index < -0.39 is 57.7 Å². The number of hydrogen-bond acceptors (Lipinski definition) is 16. The highest BCUT2D eigenvalue weighted by atomic mass is 19.3. The van der Waals surface area contributed by atoms with Crippen molar-refractivity contribution in [1.29, 1.82) is 0 Å².